The first-order valence-electron chi connectivity index (χ1n) is 2.18. The van der Waals surface area contributed by atoms with Crippen molar-refractivity contribution in [2.45, 2.75) is 0 Å². The van der Waals surface area contributed by atoms with Crippen molar-refractivity contribution in [3.05, 3.63) is 12.4 Å². The number of nitrogens with zero attached hydrogens (tertiary/aromatic N) is 2. The molecule has 6 heteroatoms. The van der Waals surface area contributed by atoms with E-state index in [4.69, 9.17) is 5.73 Å². The topological polar surface area (TPSA) is 43.8 Å². The number of thiol groups is 3. The lowest BCUT2D eigenvalue weighted by Gasteiger charge is -2.04. The van der Waals surface area contributed by atoms with Crippen LogP contribution in [0.15, 0.2) is 12.4 Å². The first kappa shape index (κ1) is 7.17. The third-order valence-corrected chi connectivity index (χ3v) is 2.46. The summed E-state index contributed by atoms with van der Waals surface area (Å²) in [5, 5.41) is 3.88. The summed E-state index contributed by atoms with van der Waals surface area (Å²) in [6.45, 7) is 0. The average molecular weight is 181 g/mol. The molecule has 1 aromatic rings. The second-order valence-electron chi connectivity index (χ2n) is 1.46. The van der Waals surface area contributed by atoms with Crippen molar-refractivity contribution in [2.75, 3.05) is 5.73 Å². The highest BCUT2D eigenvalue weighted by atomic mass is 33.5. The Kier molecular flexibility index (Phi) is 2.20. The zero-order chi connectivity index (χ0) is 6.85. The Morgan fingerprint density at radius 3 is 2.56 bits per heavy atom. The third-order valence-electron chi connectivity index (χ3n) is 0.773. The van der Waals surface area contributed by atoms with Gasteiger partial charge < -0.3 is 5.73 Å². The predicted octanol–water partition coefficient (Wildman–Crippen LogP) is 0.919. The Morgan fingerprint density at radius 1 is 1.67 bits per heavy atom. The van der Waals surface area contributed by atoms with Gasteiger partial charge in [-0.2, -0.15) is 5.10 Å². The van der Waals surface area contributed by atoms with E-state index in [2.05, 4.69) is 28.4 Å². The van der Waals surface area contributed by atoms with Crippen LogP contribution in [0.3, 0.4) is 0 Å². The van der Waals surface area contributed by atoms with Crippen LogP contribution in [0, 0.1) is 0 Å². The number of hydrogen-bond donors (Lipinski definition) is 4. The second-order valence-corrected chi connectivity index (χ2v) is 5.63. The SMILES string of the molecule is Nc1cnn([SH](S)S)c1. The number of hydrogen-bond acceptors (Lipinski definition) is 4. The fraction of sp³-hybridized carbons (Fsp3) is 0. The van der Waals surface area contributed by atoms with Crippen LogP contribution in [0.5, 0.6) is 0 Å². The molecule has 0 radical (unpaired) electrons. The van der Waals surface area contributed by atoms with Crippen molar-refractivity contribution < 1.29 is 0 Å². The minimum atomic E-state index is -0.760. The maximum Gasteiger partial charge on any atom is 0.0730 e. The normalized spacial score (nSPS) is 11.6. The molecule has 0 spiro atoms. The van der Waals surface area contributed by atoms with Gasteiger partial charge in [-0.25, -0.2) is 4.09 Å². The van der Waals surface area contributed by atoms with Gasteiger partial charge in [-0.15, -0.1) is 23.3 Å². The summed E-state index contributed by atoms with van der Waals surface area (Å²) >= 11 is 8.15. The van der Waals surface area contributed by atoms with Crippen LogP contribution >= 0.6 is 32.5 Å². The molecule has 1 rings (SSSR count). The molecule has 2 N–H and O–H groups in total. The molecule has 3 nitrogen and oxygen atoms in total. The van der Waals surface area contributed by atoms with Crippen LogP contribution in [0.2, 0.25) is 0 Å². The standard InChI is InChI=1S/C3H7N3S3/c4-3-1-5-6(2-3)9(7)8/h1-2,7-9H,4H2. The van der Waals surface area contributed by atoms with Crippen molar-refractivity contribution in [2.24, 2.45) is 0 Å². The van der Waals surface area contributed by atoms with Gasteiger partial charge in [-0.1, -0.05) is 9.15 Å². The third kappa shape index (κ3) is 1.74. The molecule has 0 saturated heterocycles. The van der Waals surface area contributed by atoms with Crippen LogP contribution in [0.1, 0.15) is 0 Å². The Balaban J connectivity index is 2.85. The molecule has 0 aromatic carbocycles. The van der Waals surface area contributed by atoms with E-state index >= 15 is 0 Å². The number of anilines is 1. The Hall–Kier alpha value is 0.0600. The molecule has 1 heterocycles. The Morgan fingerprint density at radius 2 is 2.33 bits per heavy atom. The lowest BCUT2D eigenvalue weighted by atomic mass is 10.6. The summed E-state index contributed by atoms with van der Waals surface area (Å²) in [4.78, 5) is 0. The number of aromatic nitrogens is 2. The van der Waals surface area contributed by atoms with Crippen molar-refractivity contribution >= 4 is 38.2 Å². The van der Waals surface area contributed by atoms with Gasteiger partial charge in [-0.3, -0.25) is 0 Å². The fourth-order valence-electron chi connectivity index (χ4n) is 0.424. The van der Waals surface area contributed by atoms with Gasteiger partial charge >= 0.3 is 0 Å². The van der Waals surface area contributed by atoms with Gasteiger partial charge in [-0.05, 0) is 0 Å². The molecule has 0 fully saturated rings. The quantitative estimate of drug-likeness (QED) is 0.384. The molecule has 0 amide bonds. The zero-order valence-electron chi connectivity index (χ0n) is 4.47. The van der Waals surface area contributed by atoms with E-state index in [0.717, 1.165) is 0 Å². The summed E-state index contributed by atoms with van der Waals surface area (Å²) in [7, 11) is -0.760. The van der Waals surface area contributed by atoms with E-state index < -0.39 is 9.15 Å². The van der Waals surface area contributed by atoms with Crippen molar-refractivity contribution in [1.29, 1.82) is 0 Å². The maximum absolute atomic E-state index is 5.38. The summed E-state index contributed by atoms with van der Waals surface area (Å²) in [6, 6.07) is 0. The first-order valence-corrected chi connectivity index (χ1v) is 5.78. The second kappa shape index (κ2) is 2.76. The molecule has 0 bridgehead atoms. The van der Waals surface area contributed by atoms with Gasteiger partial charge in [0.25, 0.3) is 0 Å². The van der Waals surface area contributed by atoms with Gasteiger partial charge in [0, 0.05) is 0 Å². The van der Waals surface area contributed by atoms with Crippen LogP contribution in [-0.4, -0.2) is 9.19 Å². The summed E-state index contributed by atoms with van der Waals surface area (Å²) in [5.41, 5.74) is 6.02. The Bertz CT molecular complexity index is 196. The number of nitrogen functional groups attached to an aromatic ring is 1. The highest BCUT2D eigenvalue weighted by Gasteiger charge is 1.94. The van der Waals surface area contributed by atoms with E-state index in [1.807, 2.05) is 0 Å². The molecular formula is C3H7N3S3. The zero-order valence-corrected chi connectivity index (χ0v) is 7.15. The molecule has 0 atom stereocenters. The summed E-state index contributed by atoms with van der Waals surface area (Å²) < 4.78 is 1.62. The highest BCUT2D eigenvalue weighted by molar-refractivity contribution is 9.08. The summed E-state index contributed by atoms with van der Waals surface area (Å²) in [5.74, 6) is 0. The lowest BCUT2D eigenvalue weighted by Crippen LogP contribution is -1.84. The predicted molar refractivity (Wildman–Crippen MR) is 49.0 cm³/mol. The Labute approximate surface area is 65.7 Å². The molecule has 0 aliphatic carbocycles. The van der Waals surface area contributed by atoms with Crippen molar-refractivity contribution in [1.82, 2.24) is 9.19 Å². The van der Waals surface area contributed by atoms with Crippen LogP contribution in [0.4, 0.5) is 5.69 Å². The maximum atomic E-state index is 5.38. The molecule has 9 heavy (non-hydrogen) atoms. The molecule has 0 saturated carbocycles. The van der Waals surface area contributed by atoms with Crippen molar-refractivity contribution in [3.8, 4) is 0 Å². The molecule has 0 unspecified atom stereocenters. The van der Waals surface area contributed by atoms with Gasteiger partial charge in [0.2, 0.25) is 0 Å². The smallest absolute Gasteiger partial charge is 0.0730 e. The van der Waals surface area contributed by atoms with E-state index in [9.17, 15) is 0 Å². The van der Waals surface area contributed by atoms with Crippen LogP contribution < -0.4 is 5.73 Å². The average Bonchev–Trinajstić information content (AvgIpc) is 2.14. The highest BCUT2D eigenvalue weighted by Crippen LogP contribution is 2.35. The molecular weight excluding hydrogens is 174 g/mol. The minimum absolute atomic E-state index is 0.644. The lowest BCUT2D eigenvalue weighted by molar-refractivity contribution is 1.02. The molecule has 0 aliphatic heterocycles. The fourth-order valence-corrected chi connectivity index (χ4v) is 1.39. The van der Waals surface area contributed by atoms with E-state index in [1.54, 1.807) is 16.5 Å². The first-order chi connectivity index (χ1) is 4.20. The van der Waals surface area contributed by atoms with E-state index in [1.165, 1.54) is 0 Å². The monoisotopic (exact) mass is 181 g/mol. The van der Waals surface area contributed by atoms with Crippen LogP contribution in [-0.2, 0) is 0 Å². The number of nitrogens with two attached hydrogens (primary N) is 1. The van der Waals surface area contributed by atoms with E-state index in [-0.39, 0.29) is 0 Å². The largest absolute Gasteiger partial charge is 0.396 e. The van der Waals surface area contributed by atoms with E-state index in [0.29, 0.717) is 5.69 Å². The molecule has 0 aliphatic rings. The molecule has 52 valence electrons. The van der Waals surface area contributed by atoms with Crippen molar-refractivity contribution in [3.63, 3.8) is 0 Å². The number of rotatable bonds is 1. The van der Waals surface area contributed by atoms with Gasteiger partial charge in [0.15, 0.2) is 0 Å². The van der Waals surface area contributed by atoms with Gasteiger partial charge in [0.05, 0.1) is 18.1 Å². The molecule has 1 aromatic heterocycles. The van der Waals surface area contributed by atoms with Gasteiger partial charge in [0.1, 0.15) is 0 Å². The minimum Gasteiger partial charge on any atom is -0.396 e. The van der Waals surface area contributed by atoms with Crippen LogP contribution in [0.25, 0.3) is 0 Å². The summed E-state index contributed by atoms with van der Waals surface area (Å²) in [6.07, 6.45) is 3.27.